The molecule has 108 valence electrons. The fourth-order valence-corrected chi connectivity index (χ4v) is 3.53. The molecule has 0 aliphatic carbocycles. The highest BCUT2D eigenvalue weighted by Gasteiger charge is 2.20. The Morgan fingerprint density at radius 2 is 2.10 bits per heavy atom. The van der Waals surface area contributed by atoms with Gasteiger partial charge in [-0.3, -0.25) is 0 Å². The van der Waals surface area contributed by atoms with Crippen molar-refractivity contribution >= 4 is 39.6 Å². The molecule has 0 spiro atoms. The Balaban J connectivity index is 1.79. The molecule has 5 heteroatoms. The number of nitrogens with two attached hydrogens (primary N) is 1. The van der Waals surface area contributed by atoms with Crippen molar-refractivity contribution in [1.82, 2.24) is 14.5 Å². The lowest BCUT2D eigenvalue weighted by atomic mass is 9.96. The summed E-state index contributed by atoms with van der Waals surface area (Å²) in [6, 6.07) is 6.37. The summed E-state index contributed by atoms with van der Waals surface area (Å²) in [4.78, 5) is 7.02. The maximum absolute atomic E-state index is 6.11. The lowest BCUT2D eigenvalue weighted by Gasteiger charge is -2.31. The summed E-state index contributed by atoms with van der Waals surface area (Å²) >= 11 is 2.31. The summed E-state index contributed by atoms with van der Waals surface area (Å²) < 4.78 is 3.40. The summed E-state index contributed by atoms with van der Waals surface area (Å²) in [6.45, 7) is 6.84. The van der Waals surface area contributed by atoms with Crippen molar-refractivity contribution < 1.29 is 0 Å². The molecule has 1 saturated heterocycles. The van der Waals surface area contributed by atoms with Crippen LogP contribution in [0, 0.1) is 9.49 Å². The summed E-state index contributed by atoms with van der Waals surface area (Å²) in [5, 5.41) is 0. The summed E-state index contributed by atoms with van der Waals surface area (Å²) in [6.07, 6.45) is 2.52. The third-order valence-corrected chi connectivity index (χ3v) is 5.01. The highest BCUT2D eigenvalue weighted by molar-refractivity contribution is 14.1. The molecule has 2 aromatic rings. The van der Waals surface area contributed by atoms with Crippen LogP contribution in [0.15, 0.2) is 18.2 Å². The minimum Gasteiger partial charge on any atom is -0.369 e. The van der Waals surface area contributed by atoms with Crippen molar-refractivity contribution in [2.75, 3.05) is 25.4 Å². The number of anilines is 1. The molecule has 1 aliphatic rings. The third-order valence-electron chi connectivity index (χ3n) is 4.33. The lowest BCUT2D eigenvalue weighted by Crippen LogP contribution is -2.34. The fraction of sp³-hybridized carbons (Fsp3) is 0.533. The van der Waals surface area contributed by atoms with E-state index in [9.17, 15) is 0 Å². The second-order valence-electron chi connectivity index (χ2n) is 5.59. The van der Waals surface area contributed by atoms with Gasteiger partial charge in [0.1, 0.15) is 0 Å². The third kappa shape index (κ3) is 2.79. The molecule has 0 saturated carbocycles. The van der Waals surface area contributed by atoms with Gasteiger partial charge in [0.25, 0.3) is 0 Å². The van der Waals surface area contributed by atoms with E-state index in [0.717, 1.165) is 18.0 Å². The van der Waals surface area contributed by atoms with Crippen LogP contribution in [0.1, 0.15) is 19.8 Å². The molecule has 2 N–H and O–H groups in total. The van der Waals surface area contributed by atoms with Crippen molar-refractivity contribution in [3.63, 3.8) is 0 Å². The van der Waals surface area contributed by atoms with E-state index >= 15 is 0 Å². The van der Waals surface area contributed by atoms with Gasteiger partial charge in [0.15, 0.2) is 0 Å². The summed E-state index contributed by atoms with van der Waals surface area (Å²) in [5.41, 5.74) is 8.29. The van der Waals surface area contributed by atoms with Crippen LogP contribution in [-0.2, 0) is 6.54 Å². The first-order chi connectivity index (χ1) is 9.67. The van der Waals surface area contributed by atoms with E-state index in [1.54, 1.807) is 0 Å². The van der Waals surface area contributed by atoms with Gasteiger partial charge in [0.05, 0.1) is 11.0 Å². The smallest absolute Gasteiger partial charge is 0.201 e. The van der Waals surface area contributed by atoms with Crippen molar-refractivity contribution in [3.8, 4) is 0 Å². The first-order valence-corrected chi connectivity index (χ1v) is 8.39. The van der Waals surface area contributed by atoms with E-state index in [0.29, 0.717) is 5.95 Å². The molecule has 20 heavy (non-hydrogen) atoms. The largest absolute Gasteiger partial charge is 0.369 e. The molecule has 0 amide bonds. The monoisotopic (exact) mass is 384 g/mol. The number of halogens is 1. The van der Waals surface area contributed by atoms with Crippen LogP contribution in [0.4, 0.5) is 5.95 Å². The zero-order valence-corrected chi connectivity index (χ0v) is 14.0. The number of imidazole rings is 1. The van der Waals surface area contributed by atoms with E-state index in [1.165, 1.54) is 41.6 Å². The first-order valence-electron chi connectivity index (χ1n) is 7.31. The second-order valence-corrected chi connectivity index (χ2v) is 6.84. The van der Waals surface area contributed by atoms with Gasteiger partial charge in [-0.15, -0.1) is 0 Å². The van der Waals surface area contributed by atoms with Crippen molar-refractivity contribution in [2.24, 2.45) is 5.92 Å². The van der Waals surface area contributed by atoms with E-state index in [-0.39, 0.29) is 0 Å². The van der Waals surface area contributed by atoms with Crippen LogP contribution < -0.4 is 5.73 Å². The Kier molecular flexibility index (Phi) is 4.16. The Hall–Kier alpha value is -0.820. The number of piperidine rings is 1. The molecular formula is C15H21IN4. The van der Waals surface area contributed by atoms with Crippen molar-refractivity contribution in [2.45, 2.75) is 26.3 Å². The van der Waals surface area contributed by atoms with Gasteiger partial charge in [0.2, 0.25) is 5.95 Å². The Morgan fingerprint density at radius 1 is 1.35 bits per heavy atom. The van der Waals surface area contributed by atoms with E-state index in [2.05, 4.69) is 62.2 Å². The molecule has 0 bridgehead atoms. The van der Waals surface area contributed by atoms with Crippen LogP contribution in [-0.4, -0.2) is 34.1 Å². The van der Waals surface area contributed by atoms with Crippen LogP contribution in [0.2, 0.25) is 0 Å². The summed E-state index contributed by atoms with van der Waals surface area (Å²) in [5.74, 6) is 1.37. The van der Waals surface area contributed by atoms with Gasteiger partial charge >= 0.3 is 0 Å². The fourth-order valence-electron chi connectivity index (χ4n) is 3.06. The molecular weight excluding hydrogens is 363 g/mol. The number of aromatic nitrogens is 2. The van der Waals surface area contributed by atoms with Crippen LogP contribution >= 0.6 is 22.6 Å². The number of hydrogen-bond acceptors (Lipinski definition) is 3. The Morgan fingerprint density at radius 3 is 2.80 bits per heavy atom. The van der Waals surface area contributed by atoms with Gasteiger partial charge in [0, 0.05) is 10.1 Å². The molecule has 3 rings (SSSR count). The minimum absolute atomic E-state index is 0.653. The van der Waals surface area contributed by atoms with Gasteiger partial charge in [-0.1, -0.05) is 6.92 Å². The molecule has 0 atom stereocenters. The molecule has 0 unspecified atom stereocenters. The predicted octanol–water partition coefficient (Wildman–Crippen LogP) is 2.96. The maximum Gasteiger partial charge on any atom is 0.201 e. The molecule has 1 aromatic heterocycles. The first kappa shape index (κ1) is 14.1. The average molecular weight is 384 g/mol. The van der Waals surface area contributed by atoms with Gasteiger partial charge in [-0.25, -0.2) is 4.98 Å². The topological polar surface area (TPSA) is 47.1 Å². The van der Waals surface area contributed by atoms with Gasteiger partial charge in [-0.05, 0) is 79.2 Å². The second kappa shape index (κ2) is 5.89. The molecule has 1 aliphatic heterocycles. The van der Waals surface area contributed by atoms with E-state index in [4.69, 9.17) is 5.73 Å². The number of fused-ring (bicyclic) bond motifs is 1. The zero-order valence-electron chi connectivity index (χ0n) is 11.8. The Bertz CT molecular complexity index is 599. The maximum atomic E-state index is 6.11. The number of rotatable bonds is 3. The molecule has 4 nitrogen and oxygen atoms in total. The highest BCUT2D eigenvalue weighted by Crippen LogP contribution is 2.25. The normalized spacial score (nSPS) is 17.9. The van der Waals surface area contributed by atoms with Gasteiger partial charge in [-0.2, -0.15) is 0 Å². The number of benzene rings is 1. The van der Waals surface area contributed by atoms with Crippen LogP contribution in [0.3, 0.4) is 0 Å². The predicted molar refractivity (Wildman–Crippen MR) is 91.7 cm³/mol. The highest BCUT2D eigenvalue weighted by atomic mass is 127. The number of hydrogen-bond donors (Lipinski definition) is 1. The summed E-state index contributed by atoms with van der Waals surface area (Å²) in [7, 11) is 0. The van der Waals surface area contributed by atoms with E-state index in [1.807, 2.05) is 0 Å². The van der Waals surface area contributed by atoms with E-state index < -0.39 is 0 Å². The molecule has 0 radical (unpaired) electrons. The van der Waals surface area contributed by atoms with Crippen molar-refractivity contribution in [1.29, 1.82) is 0 Å². The van der Waals surface area contributed by atoms with Crippen LogP contribution in [0.25, 0.3) is 11.0 Å². The average Bonchev–Trinajstić information content (AvgIpc) is 2.75. The molecule has 2 heterocycles. The number of likely N-dealkylation sites (tertiary alicyclic amines) is 1. The number of nitrogens with zero attached hydrogens (tertiary/aromatic N) is 3. The zero-order chi connectivity index (χ0) is 14.1. The lowest BCUT2D eigenvalue weighted by molar-refractivity contribution is 0.182. The SMILES string of the molecule is CCN1CCC(Cn2c(N)nc3cc(I)ccc32)CC1. The quantitative estimate of drug-likeness (QED) is 0.828. The minimum atomic E-state index is 0.653. The van der Waals surface area contributed by atoms with Gasteiger partial charge < -0.3 is 15.2 Å². The standard InChI is InChI=1S/C15H21IN4/c1-2-19-7-5-11(6-8-19)10-20-14-4-3-12(16)9-13(14)18-15(20)17/h3-4,9,11H,2,5-8,10H2,1H3,(H2,17,18). The van der Waals surface area contributed by atoms with Crippen molar-refractivity contribution in [3.05, 3.63) is 21.8 Å². The molecule has 1 fully saturated rings. The Labute approximate surface area is 133 Å². The number of nitrogen functional groups attached to an aromatic ring is 1. The molecule has 1 aromatic carbocycles. The van der Waals surface area contributed by atoms with Crippen LogP contribution in [0.5, 0.6) is 0 Å².